The van der Waals surface area contributed by atoms with Crippen molar-refractivity contribution in [3.05, 3.63) is 216 Å². The van der Waals surface area contributed by atoms with Crippen LogP contribution in [0.4, 0.5) is 0 Å². The van der Waals surface area contributed by atoms with Crippen LogP contribution >= 0.6 is 0 Å². The van der Waals surface area contributed by atoms with Crippen LogP contribution < -0.4 is 0 Å². The average Bonchev–Trinajstić information content (AvgIpc) is 3.88. The number of imidazole rings is 1. The van der Waals surface area contributed by atoms with E-state index >= 15 is 0 Å². The van der Waals surface area contributed by atoms with Gasteiger partial charge in [-0.25, -0.2) is 4.98 Å². The van der Waals surface area contributed by atoms with E-state index in [2.05, 4.69) is 199 Å². The molecule has 0 bridgehead atoms. The van der Waals surface area contributed by atoms with E-state index < -0.39 is 5.41 Å². The van der Waals surface area contributed by atoms with Crippen LogP contribution in [-0.2, 0) is 5.41 Å². The number of nitrogens with zero attached hydrogens (tertiary/aromatic N) is 2. The summed E-state index contributed by atoms with van der Waals surface area (Å²) in [6.07, 6.45) is 0. The van der Waals surface area contributed by atoms with Crippen LogP contribution in [0.1, 0.15) is 22.3 Å². The largest absolute Gasteiger partial charge is 0.292 e. The Morgan fingerprint density at radius 2 is 1.09 bits per heavy atom. The maximum Gasteiger partial charge on any atom is 0.145 e. The molecule has 9 aromatic carbocycles. The highest BCUT2D eigenvalue weighted by molar-refractivity contribution is 6.11. The first-order valence-electron chi connectivity index (χ1n) is 18.7. The van der Waals surface area contributed by atoms with Gasteiger partial charge in [-0.2, -0.15) is 0 Å². The minimum absolute atomic E-state index is 0.418. The van der Waals surface area contributed by atoms with Crippen molar-refractivity contribution >= 4 is 32.6 Å². The van der Waals surface area contributed by atoms with Gasteiger partial charge in [-0.05, 0) is 108 Å². The Morgan fingerprint density at radius 3 is 1.94 bits per heavy atom. The third-order valence-corrected chi connectivity index (χ3v) is 12.0. The molecule has 2 aliphatic rings. The van der Waals surface area contributed by atoms with Crippen molar-refractivity contribution in [1.29, 1.82) is 0 Å². The Bertz CT molecular complexity index is 3120. The second kappa shape index (κ2) is 11.0. The maximum atomic E-state index is 5.10. The predicted molar refractivity (Wildman–Crippen MR) is 223 cm³/mol. The number of hydrogen-bond donors (Lipinski definition) is 0. The monoisotopic (exact) mass is 684 g/mol. The van der Waals surface area contributed by atoms with E-state index in [1.807, 2.05) is 0 Å². The van der Waals surface area contributed by atoms with Gasteiger partial charge in [0.15, 0.2) is 0 Å². The van der Waals surface area contributed by atoms with Gasteiger partial charge in [0.25, 0.3) is 0 Å². The van der Waals surface area contributed by atoms with Crippen molar-refractivity contribution in [3.63, 3.8) is 0 Å². The summed E-state index contributed by atoms with van der Waals surface area (Å²) in [5.41, 5.74) is 17.1. The Hall–Kier alpha value is -7.03. The standard InChI is InChI=1S/C52H32N2/c1-2-14-34(15-3-1)51-53-47-23-10-11-24-48(47)54(51)38-17-12-16-35(32-38)36-25-28-40-37(31-36)26-29-43-49-39-18-5-4-13-33(39)27-30-46(49)52(50(40)43)44-21-8-6-19-41(44)42-20-7-9-22-45(42)52/h1-32H. The van der Waals surface area contributed by atoms with Crippen LogP contribution in [0.15, 0.2) is 194 Å². The molecule has 250 valence electrons. The van der Waals surface area contributed by atoms with Gasteiger partial charge < -0.3 is 0 Å². The number of benzene rings is 9. The summed E-state index contributed by atoms with van der Waals surface area (Å²) in [5, 5.41) is 5.12. The van der Waals surface area contributed by atoms with E-state index in [1.165, 1.54) is 77.2 Å². The van der Waals surface area contributed by atoms with Crippen molar-refractivity contribution in [3.8, 4) is 50.5 Å². The first kappa shape index (κ1) is 29.5. The van der Waals surface area contributed by atoms with Gasteiger partial charge in [-0.1, -0.05) is 164 Å². The highest BCUT2D eigenvalue weighted by Gasteiger charge is 2.52. The Kier molecular flexibility index (Phi) is 6.01. The Morgan fingerprint density at radius 1 is 0.407 bits per heavy atom. The zero-order valence-electron chi connectivity index (χ0n) is 29.4. The van der Waals surface area contributed by atoms with Gasteiger partial charge >= 0.3 is 0 Å². The minimum atomic E-state index is -0.418. The molecule has 1 spiro atoms. The normalized spacial score (nSPS) is 13.3. The van der Waals surface area contributed by atoms with Crippen LogP contribution in [0.25, 0.3) is 83.0 Å². The zero-order valence-corrected chi connectivity index (χ0v) is 29.4. The first-order valence-corrected chi connectivity index (χ1v) is 18.7. The van der Waals surface area contributed by atoms with Gasteiger partial charge in [-0.3, -0.25) is 4.57 Å². The molecule has 12 rings (SSSR count). The fraction of sp³-hybridized carbons (Fsp3) is 0.0192. The summed E-state index contributed by atoms with van der Waals surface area (Å²) in [5.74, 6) is 0.942. The fourth-order valence-electron chi connectivity index (χ4n) is 9.82. The number of para-hydroxylation sites is 2. The van der Waals surface area contributed by atoms with E-state index in [9.17, 15) is 0 Å². The molecular weight excluding hydrogens is 653 g/mol. The summed E-state index contributed by atoms with van der Waals surface area (Å²) in [7, 11) is 0. The minimum Gasteiger partial charge on any atom is -0.292 e. The quantitative estimate of drug-likeness (QED) is 0.181. The van der Waals surface area contributed by atoms with Gasteiger partial charge in [0, 0.05) is 11.3 Å². The van der Waals surface area contributed by atoms with Crippen LogP contribution in [0.2, 0.25) is 0 Å². The fourth-order valence-corrected chi connectivity index (χ4v) is 9.82. The summed E-state index contributed by atoms with van der Waals surface area (Å²) in [4.78, 5) is 5.10. The molecule has 0 saturated carbocycles. The van der Waals surface area contributed by atoms with E-state index in [-0.39, 0.29) is 0 Å². The van der Waals surface area contributed by atoms with Crippen LogP contribution in [0.3, 0.4) is 0 Å². The molecule has 2 nitrogen and oxygen atoms in total. The second-order valence-electron chi connectivity index (χ2n) is 14.7. The summed E-state index contributed by atoms with van der Waals surface area (Å²) in [6, 6.07) is 71.4. The molecule has 1 heterocycles. The van der Waals surface area contributed by atoms with E-state index in [4.69, 9.17) is 4.98 Å². The second-order valence-corrected chi connectivity index (χ2v) is 14.7. The third-order valence-electron chi connectivity index (χ3n) is 12.0. The van der Waals surface area contributed by atoms with Crippen molar-refractivity contribution < 1.29 is 0 Å². The molecule has 2 heteroatoms. The number of hydrogen-bond acceptors (Lipinski definition) is 1. The van der Waals surface area contributed by atoms with Crippen molar-refractivity contribution in [2.45, 2.75) is 5.41 Å². The Balaban J connectivity index is 1.09. The van der Waals surface area contributed by atoms with E-state index in [0.717, 1.165) is 28.1 Å². The molecule has 10 aromatic rings. The maximum absolute atomic E-state index is 5.10. The topological polar surface area (TPSA) is 17.8 Å². The molecule has 0 N–H and O–H groups in total. The molecule has 2 aliphatic carbocycles. The van der Waals surface area contributed by atoms with Crippen molar-refractivity contribution in [1.82, 2.24) is 9.55 Å². The van der Waals surface area contributed by atoms with E-state index in [0.29, 0.717) is 0 Å². The van der Waals surface area contributed by atoms with Crippen LogP contribution in [0.5, 0.6) is 0 Å². The molecule has 0 amide bonds. The number of rotatable bonds is 3. The molecule has 0 saturated heterocycles. The van der Waals surface area contributed by atoms with Crippen LogP contribution in [0, 0.1) is 0 Å². The highest BCUT2D eigenvalue weighted by atomic mass is 15.1. The first-order chi connectivity index (χ1) is 26.8. The van der Waals surface area contributed by atoms with Gasteiger partial charge in [0.05, 0.1) is 16.4 Å². The van der Waals surface area contributed by atoms with Gasteiger partial charge in [-0.15, -0.1) is 0 Å². The molecule has 0 radical (unpaired) electrons. The van der Waals surface area contributed by atoms with Crippen molar-refractivity contribution in [2.75, 3.05) is 0 Å². The number of aromatic nitrogens is 2. The molecule has 1 aromatic heterocycles. The molecule has 54 heavy (non-hydrogen) atoms. The molecular formula is C52H32N2. The predicted octanol–water partition coefficient (Wildman–Crippen LogP) is 13.0. The average molecular weight is 685 g/mol. The molecule has 0 fully saturated rings. The van der Waals surface area contributed by atoms with E-state index in [1.54, 1.807) is 0 Å². The lowest BCUT2D eigenvalue weighted by atomic mass is 9.69. The lowest BCUT2D eigenvalue weighted by Crippen LogP contribution is -2.26. The SMILES string of the molecule is c1ccc(-c2nc3ccccc3n2-c2cccc(-c3ccc4c5c(ccc4c3)-c3c(ccc4ccccc34)C53c4ccccc4-c4ccccc43)c2)cc1. The molecule has 0 aliphatic heterocycles. The lowest BCUT2D eigenvalue weighted by Gasteiger charge is -2.31. The summed E-state index contributed by atoms with van der Waals surface area (Å²) >= 11 is 0. The molecule has 0 atom stereocenters. The lowest BCUT2D eigenvalue weighted by molar-refractivity contribution is 0.802. The van der Waals surface area contributed by atoms with Gasteiger partial charge in [0.1, 0.15) is 5.82 Å². The Labute approximate surface area is 313 Å². The molecule has 0 unspecified atom stereocenters. The van der Waals surface area contributed by atoms with Crippen LogP contribution in [-0.4, -0.2) is 9.55 Å². The third kappa shape index (κ3) is 3.87. The smallest absolute Gasteiger partial charge is 0.145 e. The van der Waals surface area contributed by atoms with Gasteiger partial charge in [0.2, 0.25) is 0 Å². The summed E-state index contributed by atoms with van der Waals surface area (Å²) in [6.45, 7) is 0. The summed E-state index contributed by atoms with van der Waals surface area (Å²) < 4.78 is 2.29. The van der Waals surface area contributed by atoms with Crippen molar-refractivity contribution in [2.24, 2.45) is 0 Å². The zero-order chi connectivity index (χ0) is 35.4. The number of fused-ring (bicyclic) bond motifs is 15. The highest BCUT2D eigenvalue weighted by Crippen LogP contribution is 2.65.